The van der Waals surface area contributed by atoms with Gasteiger partial charge in [-0.3, -0.25) is 0 Å². The van der Waals surface area contributed by atoms with Crippen LogP contribution in [-0.2, 0) is 17.7 Å². The summed E-state index contributed by atoms with van der Waals surface area (Å²) in [7, 11) is -5.56. The fraction of sp³-hybridized carbons (Fsp3) is 1.00. The third-order valence-electron chi connectivity index (χ3n) is 3.71. The maximum absolute atomic E-state index is 12.0. The van der Waals surface area contributed by atoms with Gasteiger partial charge in [0.1, 0.15) is 0 Å². The van der Waals surface area contributed by atoms with Crippen LogP contribution in [0.4, 0.5) is 17.6 Å². The van der Waals surface area contributed by atoms with Crippen LogP contribution in [0.1, 0.15) is 19.3 Å². The fourth-order valence-electron chi connectivity index (χ4n) is 2.58. The summed E-state index contributed by atoms with van der Waals surface area (Å²) in [6.45, 7) is 10.1. The Morgan fingerprint density at radius 2 is 1.27 bits per heavy atom. The van der Waals surface area contributed by atoms with E-state index in [-0.39, 0.29) is 6.61 Å². The van der Waals surface area contributed by atoms with E-state index in [1.54, 1.807) is 0 Å². The maximum atomic E-state index is 12.0. The molecule has 0 aliphatic rings. The van der Waals surface area contributed by atoms with Gasteiger partial charge in [0.25, 0.3) is 9.28 Å². The summed E-state index contributed by atoms with van der Waals surface area (Å²) in [5.74, 6) is 0. The van der Waals surface area contributed by atoms with Crippen LogP contribution >= 0.6 is 0 Å². The molecule has 0 N–H and O–H groups in total. The van der Waals surface area contributed by atoms with Crippen LogP contribution in [-0.4, -0.2) is 58.8 Å². The molecule has 0 aromatic heterocycles. The molecule has 0 saturated heterocycles. The van der Waals surface area contributed by atoms with E-state index >= 15 is 0 Å². The summed E-state index contributed by atoms with van der Waals surface area (Å²) in [5.41, 5.74) is 0. The van der Waals surface area contributed by atoms with Gasteiger partial charge in [0.05, 0.1) is 13.0 Å². The summed E-state index contributed by atoms with van der Waals surface area (Å²) >= 11 is 0. The van der Waals surface area contributed by atoms with Crippen molar-refractivity contribution in [1.82, 2.24) is 0 Å². The number of hydrogen-bond acceptors (Lipinski definition) is 4. The molecule has 26 heavy (non-hydrogen) atoms. The Morgan fingerprint density at radius 1 is 0.808 bits per heavy atom. The van der Waals surface area contributed by atoms with Gasteiger partial charge in [0, 0.05) is 13.2 Å². The number of alkyl halides is 4. The third kappa shape index (κ3) is 16.4. The summed E-state index contributed by atoms with van der Waals surface area (Å²) in [6.07, 6.45) is -3.59. The van der Waals surface area contributed by atoms with Crippen molar-refractivity contribution in [3.05, 3.63) is 0 Å². The Morgan fingerprint density at radius 3 is 1.69 bits per heavy atom. The molecule has 158 valence electrons. The van der Waals surface area contributed by atoms with Gasteiger partial charge in [0.15, 0.2) is 23.5 Å². The minimum Gasteiger partial charge on any atom is -0.439 e. The van der Waals surface area contributed by atoms with E-state index in [9.17, 15) is 17.6 Å². The Hall–Kier alpha value is 0.211. The second-order valence-electron chi connectivity index (χ2n) is 7.52. The van der Waals surface area contributed by atoms with Crippen LogP contribution < -0.4 is 0 Å². The quantitative estimate of drug-likeness (QED) is 0.205. The molecule has 0 bridgehead atoms. The van der Waals surface area contributed by atoms with Crippen LogP contribution in [0, 0.1) is 0 Å². The van der Waals surface area contributed by atoms with Crippen molar-refractivity contribution in [1.29, 1.82) is 0 Å². The molecular formula is C15H34F4O4Si3. The second-order valence-corrected chi connectivity index (χ2v) is 18.6. The summed E-state index contributed by atoms with van der Waals surface area (Å²) < 4.78 is 70.2. The lowest BCUT2D eigenvalue weighted by Crippen LogP contribution is -2.44. The molecule has 4 nitrogen and oxygen atoms in total. The van der Waals surface area contributed by atoms with Crippen LogP contribution in [0.15, 0.2) is 0 Å². The first kappa shape index (κ1) is 26.2. The van der Waals surface area contributed by atoms with Gasteiger partial charge in [-0.2, -0.15) is 13.2 Å². The zero-order chi connectivity index (χ0) is 20.3. The van der Waals surface area contributed by atoms with Crippen molar-refractivity contribution in [3.8, 4) is 0 Å². The van der Waals surface area contributed by atoms with Crippen molar-refractivity contribution in [2.75, 3.05) is 26.7 Å². The lowest BCUT2D eigenvalue weighted by atomic mass is 10.4. The van der Waals surface area contributed by atoms with E-state index in [1.165, 1.54) is 0 Å². The number of rotatable bonds is 15. The lowest BCUT2D eigenvalue weighted by molar-refractivity contribution is -0.145. The van der Waals surface area contributed by atoms with Gasteiger partial charge in [-0.25, -0.2) is 4.39 Å². The molecule has 0 fully saturated rings. The molecule has 1 unspecified atom stereocenters. The number of ether oxygens (including phenoxy) is 2. The Bertz CT molecular complexity index is 371. The minimum absolute atomic E-state index is 0.285. The fourth-order valence-corrected chi connectivity index (χ4v) is 13.3. The predicted molar refractivity (Wildman–Crippen MR) is 102 cm³/mol. The van der Waals surface area contributed by atoms with E-state index < -0.39 is 45.4 Å². The molecule has 0 radical (unpaired) electrons. The third-order valence-corrected chi connectivity index (χ3v) is 14.6. The summed E-state index contributed by atoms with van der Waals surface area (Å²) in [4.78, 5) is 0. The second kappa shape index (κ2) is 12.6. The largest absolute Gasteiger partial charge is 0.439 e. The highest BCUT2D eigenvalue weighted by Gasteiger charge is 2.31. The van der Waals surface area contributed by atoms with Crippen molar-refractivity contribution in [2.24, 2.45) is 0 Å². The molecule has 0 aliphatic carbocycles. The van der Waals surface area contributed by atoms with Gasteiger partial charge in [-0.1, -0.05) is 0 Å². The normalized spacial score (nSPS) is 14.7. The number of halogens is 4. The van der Waals surface area contributed by atoms with E-state index in [0.717, 1.165) is 18.5 Å². The van der Waals surface area contributed by atoms with Gasteiger partial charge in [0.2, 0.25) is 0 Å². The zero-order valence-electron chi connectivity index (χ0n) is 16.6. The molecule has 0 aliphatic heterocycles. The van der Waals surface area contributed by atoms with Crippen molar-refractivity contribution in [3.63, 3.8) is 0 Å². The monoisotopic (exact) mass is 438 g/mol. The van der Waals surface area contributed by atoms with Crippen molar-refractivity contribution >= 4 is 25.9 Å². The van der Waals surface area contributed by atoms with E-state index in [1.807, 2.05) is 6.55 Å². The highest BCUT2D eigenvalue weighted by Crippen LogP contribution is 2.21. The van der Waals surface area contributed by atoms with E-state index in [2.05, 4.69) is 26.2 Å². The highest BCUT2D eigenvalue weighted by molar-refractivity contribution is 6.81. The maximum Gasteiger partial charge on any atom is 0.391 e. The van der Waals surface area contributed by atoms with Crippen LogP contribution in [0.3, 0.4) is 0 Å². The lowest BCUT2D eigenvalue weighted by Gasteiger charge is -2.32. The molecule has 1 atom stereocenters. The highest BCUT2D eigenvalue weighted by atomic mass is 28.4. The van der Waals surface area contributed by atoms with Gasteiger partial charge in [-0.05, 0) is 57.7 Å². The van der Waals surface area contributed by atoms with E-state index in [0.29, 0.717) is 19.6 Å². The Balaban J connectivity index is 4.00. The smallest absolute Gasteiger partial charge is 0.391 e. The van der Waals surface area contributed by atoms with Crippen LogP contribution in [0.5, 0.6) is 0 Å². The average Bonchev–Trinajstić information content (AvgIpc) is 2.44. The van der Waals surface area contributed by atoms with Gasteiger partial charge in [-0.15, -0.1) is 0 Å². The molecular weight excluding hydrogens is 404 g/mol. The Labute approximate surface area is 158 Å². The zero-order valence-corrected chi connectivity index (χ0v) is 19.7. The van der Waals surface area contributed by atoms with Crippen LogP contribution in [0.2, 0.25) is 44.8 Å². The first-order valence-electron chi connectivity index (χ1n) is 9.01. The summed E-state index contributed by atoms with van der Waals surface area (Å²) in [5, 5.41) is 0. The SMILES string of the molecule is C[SiH](O[Si](C)(C)CCCOCF)O[Si](C)(C)CCCOCCC(F)(F)F. The molecule has 0 heterocycles. The molecule has 0 saturated carbocycles. The first-order valence-corrected chi connectivity index (χ1v) is 17.3. The minimum atomic E-state index is -4.16. The van der Waals surface area contributed by atoms with Crippen LogP contribution in [0.25, 0.3) is 0 Å². The van der Waals surface area contributed by atoms with Crippen molar-refractivity contribution in [2.45, 2.75) is 70.3 Å². The standard InChI is InChI=1S/C15H34F4O4Si3/c1-24(23-26(4,5)13-7-10-21-14-16)22-25(2,3)12-6-9-20-11-8-15(17,18)19/h24H,6-14H2,1-5H3. The molecule has 0 aromatic carbocycles. The molecule has 0 spiro atoms. The predicted octanol–water partition coefficient (Wildman–Crippen LogP) is 4.97. The summed E-state index contributed by atoms with van der Waals surface area (Å²) in [6, 6.07) is 1.72. The van der Waals surface area contributed by atoms with Gasteiger partial charge >= 0.3 is 6.18 Å². The van der Waals surface area contributed by atoms with E-state index in [4.69, 9.17) is 17.7 Å². The topological polar surface area (TPSA) is 36.9 Å². The molecule has 0 amide bonds. The van der Waals surface area contributed by atoms with Gasteiger partial charge < -0.3 is 17.7 Å². The Kier molecular flexibility index (Phi) is 12.7. The van der Waals surface area contributed by atoms with Crippen molar-refractivity contribution < 1.29 is 35.3 Å². The first-order chi connectivity index (χ1) is 11.9. The number of hydrogen-bond donors (Lipinski definition) is 0. The molecule has 11 heteroatoms. The molecule has 0 rings (SSSR count). The average molecular weight is 439 g/mol. The molecule has 0 aromatic rings.